The normalized spacial score (nSPS) is 11.3. The van der Waals surface area contributed by atoms with Gasteiger partial charge in [-0.1, -0.05) is 30.3 Å². The van der Waals surface area contributed by atoms with Crippen LogP contribution in [0.5, 0.6) is 0 Å². The third-order valence-electron chi connectivity index (χ3n) is 3.17. The second-order valence-corrected chi connectivity index (χ2v) is 4.19. The van der Waals surface area contributed by atoms with Crippen molar-refractivity contribution in [2.75, 3.05) is 0 Å². The fraction of sp³-hybridized carbons (Fsp3) is 0. The standard InChI is InChI=1S/C14H9N3O/c1-2-6-12-9(4-1)11(8-15-12)10-5-3-7-13-14(10)17-18-16-13/h1-8,15H. The van der Waals surface area contributed by atoms with Gasteiger partial charge in [-0.2, -0.15) is 0 Å². The van der Waals surface area contributed by atoms with Gasteiger partial charge < -0.3 is 4.98 Å². The molecule has 0 saturated carbocycles. The highest BCUT2D eigenvalue weighted by atomic mass is 16.6. The molecule has 0 atom stereocenters. The highest BCUT2D eigenvalue weighted by Gasteiger charge is 2.11. The number of nitrogens with one attached hydrogen (secondary N) is 1. The lowest BCUT2D eigenvalue weighted by atomic mass is 10.0. The first kappa shape index (κ1) is 9.41. The predicted octanol–water partition coefficient (Wildman–Crippen LogP) is 3.37. The Morgan fingerprint density at radius 3 is 2.83 bits per heavy atom. The van der Waals surface area contributed by atoms with Crippen LogP contribution in [0, 0.1) is 0 Å². The molecular weight excluding hydrogens is 226 g/mol. The molecule has 1 N–H and O–H groups in total. The first-order valence-electron chi connectivity index (χ1n) is 5.71. The molecule has 2 aromatic heterocycles. The molecule has 0 unspecified atom stereocenters. The summed E-state index contributed by atoms with van der Waals surface area (Å²) < 4.78 is 4.81. The molecule has 18 heavy (non-hydrogen) atoms. The number of fused-ring (bicyclic) bond motifs is 2. The summed E-state index contributed by atoms with van der Waals surface area (Å²) in [6.07, 6.45) is 1.99. The molecule has 0 fully saturated rings. The Labute approximate surface area is 102 Å². The molecule has 4 aromatic rings. The number of hydrogen-bond acceptors (Lipinski definition) is 3. The summed E-state index contributed by atoms with van der Waals surface area (Å²) in [5.74, 6) is 0. The van der Waals surface area contributed by atoms with E-state index in [1.54, 1.807) is 0 Å². The maximum absolute atomic E-state index is 4.81. The molecule has 2 aromatic carbocycles. The Bertz CT molecular complexity index is 844. The van der Waals surface area contributed by atoms with Crippen LogP contribution in [0.25, 0.3) is 33.1 Å². The van der Waals surface area contributed by atoms with Crippen molar-refractivity contribution in [3.8, 4) is 11.1 Å². The fourth-order valence-corrected chi connectivity index (χ4v) is 2.32. The van der Waals surface area contributed by atoms with Gasteiger partial charge in [0.2, 0.25) is 0 Å². The lowest BCUT2D eigenvalue weighted by Gasteiger charge is -1.99. The first-order valence-corrected chi connectivity index (χ1v) is 5.71. The van der Waals surface area contributed by atoms with E-state index in [0.29, 0.717) is 0 Å². The Hall–Kier alpha value is -2.62. The molecule has 4 heteroatoms. The molecule has 0 spiro atoms. The summed E-state index contributed by atoms with van der Waals surface area (Å²) >= 11 is 0. The maximum atomic E-state index is 4.81. The van der Waals surface area contributed by atoms with Gasteiger partial charge in [-0.3, -0.25) is 0 Å². The van der Waals surface area contributed by atoms with E-state index in [0.717, 1.165) is 27.7 Å². The minimum atomic E-state index is 0.776. The van der Waals surface area contributed by atoms with Crippen molar-refractivity contribution in [3.63, 3.8) is 0 Å². The molecule has 4 nitrogen and oxygen atoms in total. The van der Waals surface area contributed by atoms with Crippen LogP contribution >= 0.6 is 0 Å². The second-order valence-electron chi connectivity index (χ2n) is 4.19. The van der Waals surface area contributed by atoms with Gasteiger partial charge in [-0.05, 0) is 22.4 Å². The van der Waals surface area contributed by atoms with E-state index in [1.807, 2.05) is 36.5 Å². The van der Waals surface area contributed by atoms with Crippen LogP contribution in [0.4, 0.5) is 0 Å². The van der Waals surface area contributed by atoms with E-state index in [-0.39, 0.29) is 0 Å². The van der Waals surface area contributed by atoms with Crippen LogP contribution < -0.4 is 0 Å². The highest BCUT2D eigenvalue weighted by molar-refractivity contribution is 6.02. The number of aromatic amines is 1. The van der Waals surface area contributed by atoms with Gasteiger partial charge in [0.15, 0.2) is 0 Å². The molecule has 0 aliphatic rings. The lowest BCUT2D eigenvalue weighted by molar-refractivity contribution is 0.315. The van der Waals surface area contributed by atoms with E-state index in [2.05, 4.69) is 27.4 Å². The van der Waals surface area contributed by atoms with Crippen LogP contribution in [0.2, 0.25) is 0 Å². The zero-order valence-electron chi connectivity index (χ0n) is 9.42. The van der Waals surface area contributed by atoms with Crippen LogP contribution in [-0.2, 0) is 0 Å². The van der Waals surface area contributed by atoms with Crippen molar-refractivity contribution in [1.29, 1.82) is 0 Å². The van der Waals surface area contributed by atoms with E-state index in [9.17, 15) is 0 Å². The number of rotatable bonds is 1. The van der Waals surface area contributed by atoms with Crippen molar-refractivity contribution in [2.24, 2.45) is 0 Å². The van der Waals surface area contributed by atoms with Gasteiger partial charge in [-0.15, -0.1) is 0 Å². The first-order chi connectivity index (χ1) is 8.93. The summed E-state index contributed by atoms with van der Waals surface area (Å²) in [5, 5.41) is 9.03. The molecule has 0 radical (unpaired) electrons. The van der Waals surface area contributed by atoms with Crippen LogP contribution in [0.15, 0.2) is 53.3 Å². The van der Waals surface area contributed by atoms with Gasteiger partial charge in [0.25, 0.3) is 0 Å². The van der Waals surface area contributed by atoms with Crippen molar-refractivity contribution < 1.29 is 4.63 Å². The molecule has 0 amide bonds. The van der Waals surface area contributed by atoms with Crippen molar-refractivity contribution in [1.82, 2.24) is 15.3 Å². The van der Waals surface area contributed by atoms with Crippen LogP contribution in [0.1, 0.15) is 0 Å². The van der Waals surface area contributed by atoms with Crippen molar-refractivity contribution in [3.05, 3.63) is 48.7 Å². The van der Waals surface area contributed by atoms with Gasteiger partial charge >= 0.3 is 0 Å². The smallest absolute Gasteiger partial charge is 0.143 e. The van der Waals surface area contributed by atoms with E-state index in [1.165, 1.54) is 5.39 Å². The lowest BCUT2D eigenvalue weighted by Crippen LogP contribution is -1.78. The molecule has 86 valence electrons. The zero-order valence-corrected chi connectivity index (χ0v) is 9.42. The number of H-pyrrole nitrogens is 1. The van der Waals surface area contributed by atoms with E-state index in [4.69, 9.17) is 4.63 Å². The Morgan fingerprint density at radius 2 is 1.83 bits per heavy atom. The molecule has 2 heterocycles. The van der Waals surface area contributed by atoms with Gasteiger partial charge in [0.1, 0.15) is 11.0 Å². The third kappa shape index (κ3) is 1.20. The molecular formula is C14H9N3O. The third-order valence-corrected chi connectivity index (χ3v) is 3.17. The number of para-hydroxylation sites is 1. The minimum absolute atomic E-state index is 0.776. The van der Waals surface area contributed by atoms with Gasteiger partial charge in [0, 0.05) is 28.2 Å². The van der Waals surface area contributed by atoms with E-state index >= 15 is 0 Å². The average Bonchev–Trinajstić information content (AvgIpc) is 3.05. The summed E-state index contributed by atoms with van der Waals surface area (Å²) in [5.41, 5.74) is 4.83. The predicted molar refractivity (Wildman–Crippen MR) is 69.1 cm³/mol. The monoisotopic (exact) mass is 235 g/mol. The zero-order chi connectivity index (χ0) is 11.9. The maximum Gasteiger partial charge on any atom is 0.143 e. The number of nitrogens with zero attached hydrogens (tertiary/aromatic N) is 2. The molecule has 4 rings (SSSR count). The molecule has 0 saturated heterocycles. The number of aromatic nitrogens is 3. The van der Waals surface area contributed by atoms with Gasteiger partial charge in [0.05, 0.1) is 0 Å². The summed E-state index contributed by atoms with van der Waals surface area (Å²) in [6.45, 7) is 0. The van der Waals surface area contributed by atoms with Crippen molar-refractivity contribution >= 4 is 21.9 Å². The Kier molecular flexibility index (Phi) is 1.80. The number of hydrogen-bond donors (Lipinski definition) is 1. The summed E-state index contributed by atoms with van der Waals surface area (Å²) in [4.78, 5) is 3.26. The molecule has 0 aliphatic carbocycles. The second kappa shape index (κ2) is 3.43. The van der Waals surface area contributed by atoms with Crippen LogP contribution in [-0.4, -0.2) is 15.3 Å². The Morgan fingerprint density at radius 1 is 0.889 bits per heavy atom. The van der Waals surface area contributed by atoms with Crippen LogP contribution in [0.3, 0.4) is 0 Å². The molecule has 0 aliphatic heterocycles. The minimum Gasteiger partial charge on any atom is -0.361 e. The largest absolute Gasteiger partial charge is 0.361 e. The fourth-order valence-electron chi connectivity index (χ4n) is 2.32. The topological polar surface area (TPSA) is 54.7 Å². The quantitative estimate of drug-likeness (QED) is 0.550. The Balaban J connectivity index is 2.10. The van der Waals surface area contributed by atoms with Gasteiger partial charge in [-0.25, -0.2) is 4.63 Å². The summed E-state index contributed by atoms with van der Waals surface area (Å²) in [6, 6.07) is 14.1. The highest BCUT2D eigenvalue weighted by Crippen LogP contribution is 2.32. The summed E-state index contributed by atoms with van der Waals surface area (Å²) in [7, 11) is 0. The molecule has 0 bridgehead atoms. The number of benzene rings is 2. The SMILES string of the molecule is c1cc(-c2c[nH]c3ccccc23)c2nonc2c1. The van der Waals surface area contributed by atoms with Crippen molar-refractivity contribution in [2.45, 2.75) is 0 Å². The average molecular weight is 235 g/mol. The van der Waals surface area contributed by atoms with E-state index < -0.39 is 0 Å².